The topological polar surface area (TPSA) is 67.0 Å². The van der Waals surface area contributed by atoms with Crippen molar-refractivity contribution in [1.82, 2.24) is 10.2 Å². The van der Waals surface area contributed by atoms with Gasteiger partial charge in [0, 0.05) is 6.61 Å². The Balaban J connectivity index is 2.05. The summed E-state index contributed by atoms with van der Waals surface area (Å²) in [5.41, 5.74) is 2.45. The van der Waals surface area contributed by atoms with E-state index < -0.39 is 0 Å². The fourth-order valence-electron chi connectivity index (χ4n) is 1.72. The zero-order valence-corrected chi connectivity index (χ0v) is 8.96. The number of aromatic amines is 1. The number of nitrogens with zero attached hydrogens (tertiary/aromatic N) is 1. The maximum Gasteiger partial charge on any atom is 0.253 e. The van der Waals surface area contributed by atoms with Crippen molar-refractivity contribution < 1.29 is 9.53 Å². The van der Waals surface area contributed by atoms with E-state index in [1.54, 1.807) is 0 Å². The quantitative estimate of drug-likeness (QED) is 0.767. The normalized spacial score (nSPS) is 20.5. The molecule has 2 rings (SSSR count). The molecule has 0 bridgehead atoms. The Kier molecular flexibility index (Phi) is 2.73. The van der Waals surface area contributed by atoms with Crippen molar-refractivity contribution in [2.45, 2.75) is 32.8 Å². The van der Waals surface area contributed by atoms with Gasteiger partial charge < -0.3 is 10.1 Å². The van der Waals surface area contributed by atoms with Gasteiger partial charge in [-0.15, -0.1) is 0 Å². The van der Waals surface area contributed by atoms with E-state index in [2.05, 4.69) is 15.5 Å². The van der Waals surface area contributed by atoms with Gasteiger partial charge in [0.2, 0.25) is 0 Å². The van der Waals surface area contributed by atoms with E-state index in [-0.39, 0.29) is 12.0 Å². The molecule has 82 valence electrons. The maximum absolute atomic E-state index is 11.7. The van der Waals surface area contributed by atoms with E-state index in [9.17, 15) is 4.79 Å². The first-order chi connectivity index (χ1) is 7.18. The van der Waals surface area contributed by atoms with Crippen molar-refractivity contribution in [1.29, 1.82) is 0 Å². The first kappa shape index (κ1) is 10.2. The van der Waals surface area contributed by atoms with Crippen LogP contribution in [0.25, 0.3) is 0 Å². The molecule has 0 radical (unpaired) electrons. The van der Waals surface area contributed by atoms with Crippen molar-refractivity contribution >= 4 is 11.6 Å². The van der Waals surface area contributed by atoms with Crippen molar-refractivity contribution in [2.75, 3.05) is 11.9 Å². The van der Waals surface area contributed by atoms with E-state index in [0.717, 1.165) is 29.9 Å². The lowest BCUT2D eigenvalue weighted by molar-refractivity contribution is -0.124. The number of aryl methyl sites for hydroxylation is 2. The summed E-state index contributed by atoms with van der Waals surface area (Å²) < 4.78 is 5.30. The van der Waals surface area contributed by atoms with Gasteiger partial charge in [0.15, 0.2) is 0 Å². The summed E-state index contributed by atoms with van der Waals surface area (Å²) in [4.78, 5) is 11.7. The predicted molar refractivity (Wildman–Crippen MR) is 55.7 cm³/mol. The third kappa shape index (κ3) is 2.02. The maximum atomic E-state index is 11.7. The Labute approximate surface area is 88.2 Å². The number of hydrogen-bond acceptors (Lipinski definition) is 3. The van der Waals surface area contributed by atoms with E-state index >= 15 is 0 Å². The number of nitrogens with one attached hydrogen (secondary N) is 2. The number of amides is 1. The monoisotopic (exact) mass is 209 g/mol. The van der Waals surface area contributed by atoms with Crippen LogP contribution in [0.5, 0.6) is 0 Å². The molecule has 0 saturated carbocycles. The molecule has 2 N–H and O–H groups in total. The molecular weight excluding hydrogens is 194 g/mol. The lowest BCUT2D eigenvalue weighted by atomic mass is 10.2. The lowest BCUT2D eigenvalue weighted by Gasteiger charge is -2.10. The molecule has 0 aromatic carbocycles. The van der Waals surface area contributed by atoms with Gasteiger partial charge >= 0.3 is 0 Å². The number of anilines is 1. The summed E-state index contributed by atoms with van der Waals surface area (Å²) in [5, 5.41) is 9.69. The third-order valence-corrected chi connectivity index (χ3v) is 2.60. The number of hydrogen-bond donors (Lipinski definition) is 2. The second kappa shape index (κ2) is 4.02. The lowest BCUT2D eigenvalue weighted by Crippen LogP contribution is -2.27. The number of carbonyl (C=O) groups excluding carboxylic acids is 1. The third-order valence-electron chi connectivity index (χ3n) is 2.60. The Morgan fingerprint density at radius 1 is 1.60 bits per heavy atom. The summed E-state index contributed by atoms with van der Waals surface area (Å²) in [6.45, 7) is 4.42. The first-order valence-electron chi connectivity index (χ1n) is 5.12. The average molecular weight is 209 g/mol. The zero-order chi connectivity index (χ0) is 10.8. The van der Waals surface area contributed by atoms with Gasteiger partial charge in [-0.05, 0) is 26.7 Å². The molecule has 1 aliphatic rings. The highest BCUT2D eigenvalue weighted by atomic mass is 16.5. The molecule has 1 fully saturated rings. The number of ether oxygens (including phenoxy) is 1. The highest BCUT2D eigenvalue weighted by Crippen LogP contribution is 2.19. The van der Waals surface area contributed by atoms with Crippen LogP contribution in [0.4, 0.5) is 5.69 Å². The van der Waals surface area contributed by atoms with Gasteiger partial charge in [-0.3, -0.25) is 9.89 Å². The van der Waals surface area contributed by atoms with Crippen molar-refractivity contribution in [2.24, 2.45) is 0 Å². The average Bonchev–Trinajstić information content (AvgIpc) is 2.82. The largest absolute Gasteiger partial charge is 0.368 e. The molecule has 5 nitrogen and oxygen atoms in total. The molecule has 0 unspecified atom stereocenters. The minimum absolute atomic E-state index is 0.0694. The van der Waals surface area contributed by atoms with Crippen LogP contribution in [0, 0.1) is 13.8 Å². The molecule has 1 amide bonds. The summed E-state index contributed by atoms with van der Waals surface area (Å²) in [7, 11) is 0. The Hall–Kier alpha value is -1.36. The van der Waals surface area contributed by atoms with Crippen LogP contribution < -0.4 is 5.32 Å². The molecule has 0 spiro atoms. The molecule has 1 aliphatic heterocycles. The highest BCUT2D eigenvalue weighted by Gasteiger charge is 2.24. The number of rotatable bonds is 2. The standard InChI is InChI=1S/C10H15N3O2/c1-6-9(7(2)13-12-6)11-10(14)8-4-3-5-15-8/h8H,3-5H2,1-2H3,(H,11,14)(H,12,13)/t8-/m1/s1. The Morgan fingerprint density at radius 3 is 2.93 bits per heavy atom. The number of H-pyrrole nitrogens is 1. The fourth-order valence-corrected chi connectivity index (χ4v) is 1.72. The molecular formula is C10H15N3O2. The molecule has 1 atom stereocenters. The van der Waals surface area contributed by atoms with Crippen LogP contribution in [-0.2, 0) is 9.53 Å². The van der Waals surface area contributed by atoms with Crippen LogP contribution in [0.3, 0.4) is 0 Å². The summed E-state index contributed by atoms with van der Waals surface area (Å²) in [5.74, 6) is -0.0694. The smallest absolute Gasteiger partial charge is 0.253 e. The summed E-state index contributed by atoms with van der Waals surface area (Å²) in [6.07, 6.45) is 1.47. The highest BCUT2D eigenvalue weighted by molar-refractivity contribution is 5.95. The van der Waals surface area contributed by atoms with Crippen LogP contribution in [0.15, 0.2) is 0 Å². The summed E-state index contributed by atoms with van der Waals surface area (Å²) >= 11 is 0. The minimum Gasteiger partial charge on any atom is -0.368 e. The predicted octanol–water partition coefficient (Wildman–Crippen LogP) is 1.14. The number of aromatic nitrogens is 2. The van der Waals surface area contributed by atoms with Crippen molar-refractivity contribution in [3.63, 3.8) is 0 Å². The van der Waals surface area contributed by atoms with Gasteiger partial charge in [-0.25, -0.2) is 0 Å². The molecule has 1 aromatic heterocycles. The second-order valence-corrected chi connectivity index (χ2v) is 3.80. The van der Waals surface area contributed by atoms with Crippen molar-refractivity contribution in [3.05, 3.63) is 11.4 Å². The van der Waals surface area contributed by atoms with Gasteiger partial charge in [0.05, 0.1) is 17.1 Å². The van der Waals surface area contributed by atoms with Gasteiger partial charge in [0.25, 0.3) is 5.91 Å². The van der Waals surface area contributed by atoms with Gasteiger partial charge in [-0.1, -0.05) is 0 Å². The van der Waals surface area contributed by atoms with Crippen LogP contribution in [-0.4, -0.2) is 28.8 Å². The number of carbonyl (C=O) groups is 1. The van der Waals surface area contributed by atoms with E-state index in [1.165, 1.54) is 0 Å². The minimum atomic E-state index is -0.293. The van der Waals surface area contributed by atoms with Gasteiger partial charge in [-0.2, -0.15) is 5.10 Å². The van der Waals surface area contributed by atoms with Gasteiger partial charge in [0.1, 0.15) is 6.10 Å². The second-order valence-electron chi connectivity index (χ2n) is 3.80. The van der Waals surface area contributed by atoms with Crippen LogP contribution in [0.1, 0.15) is 24.2 Å². The molecule has 2 heterocycles. The molecule has 0 aliphatic carbocycles. The van der Waals surface area contributed by atoms with Crippen LogP contribution >= 0.6 is 0 Å². The molecule has 1 saturated heterocycles. The van der Waals surface area contributed by atoms with Crippen LogP contribution in [0.2, 0.25) is 0 Å². The zero-order valence-electron chi connectivity index (χ0n) is 8.96. The van der Waals surface area contributed by atoms with E-state index in [4.69, 9.17) is 4.74 Å². The SMILES string of the molecule is Cc1n[nH]c(C)c1NC(=O)[C@H]1CCCO1. The Bertz CT molecular complexity index is 347. The van der Waals surface area contributed by atoms with E-state index in [1.807, 2.05) is 13.8 Å². The van der Waals surface area contributed by atoms with E-state index in [0.29, 0.717) is 6.61 Å². The summed E-state index contributed by atoms with van der Waals surface area (Å²) in [6, 6.07) is 0. The fraction of sp³-hybridized carbons (Fsp3) is 0.600. The van der Waals surface area contributed by atoms with Crippen molar-refractivity contribution in [3.8, 4) is 0 Å². The molecule has 5 heteroatoms. The first-order valence-corrected chi connectivity index (χ1v) is 5.12. The molecule has 15 heavy (non-hydrogen) atoms. The Morgan fingerprint density at radius 2 is 2.40 bits per heavy atom. The molecule has 1 aromatic rings.